The van der Waals surface area contributed by atoms with Crippen molar-refractivity contribution < 1.29 is 34.0 Å². The van der Waals surface area contributed by atoms with Gasteiger partial charge in [0.15, 0.2) is 0 Å². The van der Waals surface area contributed by atoms with E-state index >= 15 is 0 Å². The standard InChI is InChI=1S/C13H16O7/c1-18-13-11(17)9(12(20-13)10(16)6-15)4-7-2-3-8(5-14)19-7/h2-4,10,12-16H,5-6H2,1H3. The van der Waals surface area contributed by atoms with Crippen LogP contribution in [0, 0.1) is 0 Å². The van der Waals surface area contributed by atoms with E-state index in [1.807, 2.05) is 0 Å². The highest BCUT2D eigenvalue weighted by molar-refractivity contribution is 6.04. The number of rotatable bonds is 5. The lowest BCUT2D eigenvalue weighted by Crippen LogP contribution is -2.31. The van der Waals surface area contributed by atoms with Crippen LogP contribution >= 0.6 is 0 Å². The summed E-state index contributed by atoms with van der Waals surface area (Å²) < 4.78 is 15.4. The molecular formula is C13H16O7. The first kappa shape index (κ1) is 14.9. The smallest absolute Gasteiger partial charge is 0.222 e. The van der Waals surface area contributed by atoms with Crippen molar-refractivity contribution in [3.05, 3.63) is 29.2 Å². The molecule has 0 aromatic carbocycles. The van der Waals surface area contributed by atoms with Crippen molar-refractivity contribution >= 4 is 11.9 Å². The average Bonchev–Trinajstić information content (AvgIpc) is 3.04. The first-order valence-corrected chi connectivity index (χ1v) is 6.03. The monoisotopic (exact) mass is 284 g/mol. The Morgan fingerprint density at radius 2 is 2.20 bits per heavy atom. The minimum absolute atomic E-state index is 0.150. The summed E-state index contributed by atoms with van der Waals surface area (Å²) in [5, 5.41) is 27.6. The van der Waals surface area contributed by atoms with Crippen LogP contribution in [0.5, 0.6) is 0 Å². The van der Waals surface area contributed by atoms with Gasteiger partial charge >= 0.3 is 0 Å². The van der Waals surface area contributed by atoms with Gasteiger partial charge in [0.1, 0.15) is 30.3 Å². The number of carbonyl (C=O) groups is 1. The van der Waals surface area contributed by atoms with Gasteiger partial charge in [-0.15, -0.1) is 0 Å². The van der Waals surface area contributed by atoms with Gasteiger partial charge in [-0.1, -0.05) is 0 Å². The number of aliphatic hydroxyl groups is 3. The largest absolute Gasteiger partial charge is 0.459 e. The fourth-order valence-electron chi connectivity index (χ4n) is 1.96. The fourth-order valence-corrected chi connectivity index (χ4v) is 1.96. The Labute approximate surface area is 115 Å². The second kappa shape index (κ2) is 6.29. The zero-order valence-corrected chi connectivity index (χ0v) is 10.9. The molecule has 1 aliphatic rings. The van der Waals surface area contributed by atoms with Crippen LogP contribution in [0.1, 0.15) is 11.5 Å². The molecule has 2 rings (SSSR count). The first-order chi connectivity index (χ1) is 9.60. The van der Waals surface area contributed by atoms with Crippen LogP contribution in [0.4, 0.5) is 0 Å². The molecule has 110 valence electrons. The van der Waals surface area contributed by atoms with E-state index in [0.717, 1.165) is 0 Å². The normalized spacial score (nSPS) is 26.4. The van der Waals surface area contributed by atoms with Crippen molar-refractivity contribution in [1.29, 1.82) is 0 Å². The fraction of sp³-hybridized carbons (Fsp3) is 0.462. The molecule has 0 saturated carbocycles. The summed E-state index contributed by atoms with van der Waals surface area (Å²) in [4.78, 5) is 12.0. The molecule has 1 fully saturated rings. The van der Waals surface area contributed by atoms with Crippen LogP contribution in [0.15, 0.2) is 22.1 Å². The minimum Gasteiger partial charge on any atom is -0.459 e. The van der Waals surface area contributed by atoms with Gasteiger partial charge in [-0.25, -0.2) is 0 Å². The molecule has 0 radical (unpaired) electrons. The van der Waals surface area contributed by atoms with Crippen molar-refractivity contribution in [3.8, 4) is 0 Å². The molecule has 3 unspecified atom stereocenters. The molecule has 1 aliphatic heterocycles. The molecule has 3 N–H and O–H groups in total. The third-order valence-electron chi connectivity index (χ3n) is 2.96. The number of hydrogen-bond acceptors (Lipinski definition) is 7. The summed E-state index contributed by atoms with van der Waals surface area (Å²) in [6, 6.07) is 3.15. The molecule has 0 spiro atoms. The minimum atomic E-state index is -1.24. The quantitative estimate of drug-likeness (QED) is 0.622. The summed E-state index contributed by atoms with van der Waals surface area (Å²) >= 11 is 0. The Balaban J connectivity index is 2.31. The predicted octanol–water partition coefficient (Wildman–Crippen LogP) is -0.551. The van der Waals surface area contributed by atoms with E-state index in [2.05, 4.69) is 0 Å². The number of furan rings is 1. The number of aliphatic hydroxyl groups excluding tert-OH is 3. The van der Waals surface area contributed by atoms with Gasteiger partial charge in [0.25, 0.3) is 0 Å². The van der Waals surface area contributed by atoms with Crippen LogP contribution in [0.3, 0.4) is 0 Å². The topological polar surface area (TPSA) is 109 Å². The van der Waals surface area contributed by atoms with Crippen LogP contribution in [0.2, 0.25) is 0 Å². The lowest BCUT2D eigenvalue weighted by atomic mass is 10.0. The summed E-state index contributed by atoms with van der Waals surface area (Å²) in [5.41, 5.74) is 0.150. The van der Waals surface area contributed by atoms with E-state index in [-0.39, 0.29) is 12.2 Å². The van der Waals surface area contributed by atoms with Gasteiger partial charge in [0.2, 0.25) is 12.1 Å². The van der Waals surface area contributed by atoms with Crippen molar-refractivity contribution in [1.82, 2.24) is 0 Å². The summed E-state index contributed by atoms with van der Waals surface area (Å²) in [7, 11) is 1.31. The molecule has 7 nitrogen and oxygen atoms in total. The van der Waals surface area contributed by atoms with Gasteiger partial charge in [-0.05, 0) is 18.2 Å². The Morgan fingerprint density at radius 1 is 1.45 bits per heavy atom. The van der Waals surface area contributed by atoms with E-state index in [1.165, 1.54) is 13.2 Å². The van der Waals surface area contributed by atoms with Crippen LogP contribution in [0.25, 0.3) is 6.08 Å². The SMILES string of the molecule is COC1OC(C(O)CO)C(=Cc2ccc(CO)o2)C1=O. The second-order valence-corrected chi connectivity index (χ2v) is 4.30. The van der Waals surface area contributed by atoms with Crippen LogP contribution in [-0.4, -0.2) is 53.3 Å². The second-order valence-electron chi connectivity index (χ2n) is 4.30. The number of methoxy groups -OCH3 is 1. The zero-order valence-electron chi connectivity index (χ0n) is 10.9. The maximum absolute atomic E-state index is 12.0. The molecule has 0 bridgehead atoms. The number of carbonyl (C=O) groups excluding carboxylic acids is 1. The summed E-state index contributed by atoms with van der Waals surface area (Å²) in [5.74, 6) is 0.255. The molecule has 7 heteroatoms. The van der Waals surface area contributed by atoms with Crippen LogP contribution in [-0.2, 0) is 20.9 Å². The van der Waals surface area contributed by atoms with Crippen LogP contribution < -0.4 is 0 Å². The molecular weight excluding hydrogens is 268 g/mol. The van der Waals surface area contributed by atoms with Crippen molar-refractivity contribution in [2.45, 2.75) is 25.1 Å². The molecule has 1 aromatic rings. The number of Topliss-reactive ketones (excluding diaryl/α,β-unsaturated/α-hetero) is 1. The van der Waals surface area contributed by atoms with Crippen molar-refractivity contribution in [2.24, 2.45) is 0 Å². The highest BCUT2D eigenvalue weighted by atomic mass is 16.7. The molecule has 1 saturated heterocycles. The molecule has 20 heavy (non-hydrogen) atoms. The molecule has 0 amide bonds. The predicted molar refractivity (Wildman–Crippen MR) is 66.4 cm³/mol. The third-order valence-corrected chi connectivity index (χ3v) is 2.96. The summed E-state index contributed by atoms with van der Waals surface area (Å²) in [6.45, 7) is -0.803. The average molecular weight is 284 g/mol. The van der Waals surface area contributed by atoms with E-state index in [9.17, 15) is 9.90 Å². The highest BCUT2D eigenvalue weighted by Crippen LogP contribution is 2.28. The maximum Gasteiger partial charge on any atom is 0.222 e. The zero-order chi connectivity index (χ0) is 14.7. The van der Waals surface area contributed by atoms with Gasteiger partial charge in [0, 0.05) is 12.7 Å². The van der Waals surface area contributed by atoms with Gasteiger partial charge < -0.3 is 29.2 Å². The first-order valence-electron chi connectivity index (χ1n) is 6.03. The Bertz CT molecular complexity index is 505. The van der Waals surface area contributed by atoms with Gasteiger partial charge in [-0.3, -0.25) is 4.79 Å². The summed E-state index contributed by atoms with van der Waals surface area (Å²) in [6.07, 6.45) is -1.93. The van der Waals surface area contributed by atoms with E-state index in [4.69, 9.17) is 24.1 Å². The number of ketones is 1. The van der Waals surface area contributed by atoms with E-state index in [0.29, 0.717) is 11.5 Å². The van der Waals surface area contributed by atoms with Crippen molar-refractivity contribution in [3.63, 3.8) is 0 Å². The number of hydrogen-bond donors (Lipinski definition) is 3. The Morgan fingerprint density at radius 3 is 2.75 bits per heavy atom. The maximum atomic E-state index is 12.0. The van der Waals surface area contributed by atoms with E-state index < -0.39 is 30.9 Å². The Hall–Kier alpha value is -1.51. The van der Waals surface area contributed by atoms with Gasteiger partial charge in [-0.2, -0.15) is 0 Å². The molecule has 2 heterocycles. The van der Waals surface area contributed by atoms with Crippen molar-refractivity contribution in [2.75, 3.05) is 13.7 Å². The lowest BCUT2D eigenvalue weighted by molar-refractivity contribution is -0.159. The number of ether oxygens (including phenoxy) is 2. The third kappa shape index (κ3) is 2.82. The van der Waals surface area contributed by atoms with E-state index in [1.54, 1.807) is 12.1 Å². The molecule has 3 atom stereocenters. The lowest BCUT2D eigenvalue weighted by Gasteiger charge is -2.16. The highest BCUT2D eigenvalue weighted by Gasteiger charge is 2.42. The molecule has 1 aromatic heterocycles. The molecule has 0 aliphatic carbocycles. The van der Waals surface area contributed by atoms with Gasteiger partial charge in [0.05, 0.1) is 6.61 Å². The Kier molecular flexibility index (Phi) is 4.69.